The molecule has 0 aromatic heterocycles. The highest BCUT2D eigenvalue weighted by atomic mass is 79.9. The van der Waals surface area contributed by atoms with Gasteiger partial charge in [0, 0.05) is 8.95 Å². The molecule has 0 heterocycles. The second-order valence-corrected chi connectivity index (χ2v) is 8.29. The number of halogens is 2. The SMILES string of the molecule is COC(=O)C[C@H](NC(=O)CNC(=O)OC(C)(C)C)c1cc(Br)cc(Br)c1. The maximum atomic E-state index is 12.2. The summed E-state index contributed by atoms with van der Waals surface area (Å²) in [6.07, 6.45) is -0.736. The van der Waals surface area contributed by atoms with Gasteiger partial charge in [0.15, 0.2) is 0 Å². The number of amides is 2. The first-order chi connectivity index (χ1) is 12.0. The summed E-state index contributed by atoms with van der Waals surface area (Å²) >= 11 is 6.75. The molecule has 0 saturated heterocycles. The Hall–Kier alpha value is -1.61. The average Bonchev–Trinajstić information content (AvgIpc) is 2.49. The van der Waals surface area contributed by atoms with Crippen LogP contribution in [0.3, 0.4) is 0 Å². The summed E-state index contributed by atoms with van der Waals surface area (Å²) in [5, 5.41) is 5.10. The van der Waals surface area contributed by atoms with Crippen molar-refractivity contribution in [2.24, 2.45) is 0 Å². The van der Waals surface area contributed by atoms with Crippen LogP contribution < -0.4 is 10.6 Å². The number of benzene rings is 1. The molecular weight excluding hydrogens is 472 g/mol. The summed E-state index contributed by atoms with van der Waals surface area (Å²) in [5.74, 6) is -0.924. The average molecular weight is 494 g/mol. The van der Waals surface area contributed by atoms with E-state index in [2.05, 4.69) is 42.5 Å². The quantitative estimate of drug-likeness (QED) is 0.592. The number of methoxy groups -OCH3 is 1. The third-order valence-electron chi connectivity index (χ3n) is 3.01. The van der Waals surface area contributed by atoms with Gasteiger partial charge in [-0.25, -0.2) is 4.79 Å². The van der Waals surface area contributed by atoms with Gasteiger partial charge < -0.3 is 20.1 Å². The van der Waals surface area contributed by atoms with Crippen molar-refractivity contribution >= 4 is 49.8 Å². The first-order valence-corrected chi connectivity index (χ1v) is 9.38. The van der Waals surface area contributed by atoms with Gasteiger partial charge in [0.05, 0.1) is 19.6 Å². The van der Waals surface area contributed by atoms with Crippen molar-refractivity contribution < 1.29 is 23.9 Å². The summed E-state index contributed by atoms with van der Waals surface area (Å²) in [6.45, 7) is 4.90. The van der Waals surface area contributed by atoms with Crippen molar-refractivity contribution in [1.29, 1.82) is 0 Å². The molecular formula is C17H22Br2N2O5. The molecule has 1 rings (SSSR count). The van der Waals surface area contributed by atoms with E-state index in [9.17, 15) is 14.4 Å². The molecule has 1 aromatic carbocycles. The van der Waals surface area contributed by atoms with Gasteiger partial charge in [-0.3, -0.25) is 9.59 Å². The molecule has 1 atom stereocenters. The first-order valence-electron chi connectivity index (χ1n) is 7.79. The number of carbonyl (C=O) groups is 3. The van der Waals surface area contributed by atoms with Crippen LogP contribution in [0.15, 0.2) is 27.1 Å². The standard InChI is InChI=1S/C17H22Br2N2O5/c1-17(2,3)26-16(24)20-9-14(22)21-13(8-15(23)25-4)10-5-11(18)7-12(19)6-10/h5-7,13H,8-9H2,1-4H3,(H,20,24)(H,21,22)/t13-/m0/s1. The topological polar surface area (TPSA) is 93.7 Å². The van der Waals surface area contributed by atoms with Gasteiger partial charge in [-0.15, -0.1) is 0 Å². The summed E-state index contributed by atoms with van der Waals surface area (Å²) < 4.78 is 11.3. The van der Waals surface area contributed by atoms with E-state index in [-0.39, 0.29) is 13.0 Å². The second kappa shape index (κ2) is 9.91. The van der Waals surface area contributed by atoms with Crippen molar-refractivity contribution in [2.75, 3.05) is 13.7 Å². The largest absolute Gasteiger partial charge is 0.469 e. The van der Waals surface area contributed by atoms with E-state index < -0.39 is 29.6 Å². The third kappa shape index (κ3) is 8.66. The fraction of sp³-hybridized carbons (Fsp3) is 0.471. The molecule has 0 saturated carbocycles. The van der Waals surface area contributed by atoms with Crippen molar-refractivity contribution in [2.45, 2.75) is 38.8 Å². The van der Waals surface area contributed by atoms with Crippen LogP contribution >= 0.6 is 31.9 Å². The van der Waals surface area contributed by atoms with E-state index in [4.69, 9.17) is 9.47 Å². The number of ether oxygens (including phenoxy) is 2. The van der Waals surface area contributed by atoms with E-state index >= 15 is 0 Å². The van der Waals surface area contributed by atoms with Crippen molar-refractivity contribution in [3.05, 3.63) is 32.7 Å². The Kier molecular flexibility index (Phi) is 8.55. The van der Waals surface area contributed by atoms with Crippen molar-refractivity contribution in [3.8, 4) is 0 Å². The molecule has 0 aliphatic rings. The zero-order chi connectivity index (χ0) is 19.9. The molecule has 0 fully saturated rings. The molecule has 0 radical (unpaired) electrons. The Balaban J connectivity index is 2.77. The van der Waals surface area contributed by atoms with Gasteiger partial charge in [-0.05, 0) is 44.5 Å². The Bertz CT molecular complexity index is 653. The van der Waals surface area contributed by atoms with Crippen LogP contribution in [0.2, 0.25) is 0 Å². The summed E-state index contributed by atoms with van der Waals surface area (Å²) in [5.41, 5.74) is 0.0543. The van der Waals surface area contributed by atoms with Crippen LogP contribution in [0.5, 0.6) is 0 Å². The highest BCUT2D eigenvalue weighted by Crippen LogP contribution is 2.26. The minimum Gasteiger partial charge on any atom is -0.469 e. The number of rotatable bonds is 6. The van der Waals surface area contributed by atoms with Crippen LogP contribution in [-0.4, -0.2) is 37.2 Å². The lowest BCUT2D eigenvalue weighted by molar-refractivity contribution is -0.141. The predicted molar refractivity (Wildman–Crippen MR) is 104 cm³/mol. The number of hydrogen-bond acceptors (Lipinski definition) is 5. The fourth-order valence-corrected chi connectivity index (χ4v) is 3.32. The summed E-state index contributed by atoms with van der Waals surface area (Å²) in [4.78, 5) is 35.5. The molecule has 9 heteroatoms. The molecule has 0 unspecified atom stereocenters. The first kappa shape index (κ1) is 22.4. The zero-order valence-corrected chi connectivity index (χ0v) is 18.2. The summed E-state index contributed by atoms with van der Waals surface area (Å²) in [7, 11) is 1.28. The molecule has 0 bridgehead atoms. The normalized spacial score (nSPS) is 12.1. The van der Waals surface area contributed by atoms with Crippen molar-refractivity contribution in [3.63, 3.8) is 0 Å². The third-order valence-corrected chi connectivity index (χ3v) is 3.93. The molecule has 0 spiro atoms. The van der Waals surface area contributed by atoms with E-state index in [1.165, 1.54) is 7.11 Å². The van der Waals surface area contributed by atoms with Gasteiger partial charge in [-0.2, -0.15) is 0 Å². The van der Waals surface area contributed by atoms with Gasteiger partial charge in [0.2, 0.25) is 5.91 Å². The smallest absolute Gasteiger partial charge is 0.408 e. The van der Waals surface area contributed by atoms with E-state index in [0.717, 1.165) is 8.95 Å². The monoisotopic (exact) mass is 492 g/mol. The number of carbonyl (C=O) groups excluding carboxylic acids is 3. The van der Waals surface area contributed by atoms with E-state index in [0.29, 0.717) is 5.56 Å². The van der Waals surface area contributed by atoms with Gasteiger partial charge in [0.1, 0.15) is 12.1 Å². The van der Waals surface area contributed by atoms with Crippen LogP contribution in [-0.2, 0) is 19.1 Å². The number of nitrogens with one attached hydrogen (secondary N) is 2. The van der Waals surface area contributed by atoms with Crippen LogP contribution in [0.1, 0.15) is 38.8 Å². The fourth-order valence-electron chi connectivity index (χ4n) is 1.99. The Morgan fingerprint density at radius 2 is 1.69 bits per heavy atom. The van der Waals surface area contributed by atoms with Gasteiger partial charge in [-0.1, -0.05) is 31.9 Å². The summed E-state index contributed by atoms with van der Waals surface area (Å²) in [6, 6.07) is 4.81. The minimum atomic E-state index is -0.692. The van der Waals surface area contributed by atoms with Crippen LogP contribution in [0.4, 0.5) is 4.79 Å². The molecule has 144 valence electrons. The van der Waals surface area contributed by atoms with Crippen LogP contribution in [0.25, 0.3) is 0 Å². The molecule has 2 amide bonds. The Labute approximate surface area is 169 Å². The number of alkyl carbamates (subject to hydrolysis) is 1. The molecule has 26 heavy (non-hydrogen) atoms. The minimum absolute atomic E-state index is 0.0441. The predicted octanol–water partition coefficient (Wildman–Crippen LogP) is 3.46. The highest BCUT2D eigenvalue weighted by Gasteiger charge is 2.21. The lowest BCUT2D eigenvalue weighted by atomic mass is 10.0. The maximum Gasteiger partial charge on any atom is 0.408 e. The Morgan fingerprint density at radius 1 is 1.12 bits per heavy atom. The van der Waals surface area contributed by atoms with E-state index in [1.807, 2.05) is 6.07 Å². The Morgan fingerprint density at radius 3 is 2.19 bits per heavy atom. The second-order valence-electron chi connectivity index (χ2n) is 6.46. The maximum absolute atomic E-state index is 12.2. The van der Waals surface area contributed by atoms with Crippen molar-refractivity contribution in [1.82, 2.24) is 10.6 Å². The number of hydrogen-bond donors (Lipinski definition) is 2. The molecule has 0 aliphatic heterocycles. The lowest BCUT2D eigenvalue weighted by Crippen LogP contribution is -2.41. The van der Waals surface area contributed by atoms with Crippen LogP contribution in [0, 0.1) is 0 Å². The molecule has 0 aliphatic carbocycles. The molecule has 2 N–H and O–H groups in total. The zero-order valence-electron chi connectivity index (χ0n) is 15.0. The highest BCUT2D eigenvalue weighted by molar-refractivity contribution is 9.11. The molecule has 1 aromatic rings. The van der Waals surface area contributed by atoms with Gasteiger partial charge >= 0.3 is 12.1 Å². The molecule has 7 nitrogen and oxygen atoms in total. The van der Waals surface area contributed by atoms with E-state index in [1.54, 1.807) is 32.9 Å². The van der Waals surface area contributed by atoms with Gasteiger partial charge in [0.25, 0.3) is 0 Å². The number of esters is 1. The lowest BCUT2D eigenvalue weighted by Gasteiger charge is -2.21.